The lowest BCUT2D eigenvalue weighted by atomic mass is 10.1. The fourth-order valence-electron chi connectivity index (χ4n) is 1.11. The normalized spacial score (nSPS) is 12.3. The van der Waals surface area contributed by atoms with E-state index in [2.05, 4.69) is 20.7 Å². The summed E-state index contributed by atoms with van der Waals surface area (Å²) in [5.41, 5.74) is 0.905. The molecule has 0 bridgehead atoms. The van der Waals surface area contributed by atoms with E-state index in [1.165, 1.54) is 13.2 Å². The fourth-order valence-corrected chi connectivity index (χ4v) is 2.40. The minimum Gasteiger partial charge on any atom is -0.768 e. The molecule has 1 aromatic rings. The molecule has 0 N–H and O–H groups in total. The molecule has 15 heavy (non-hydrogen) atoms. The van der Waals surface area contributed by atoms with Gasteiger partial charge in [-0.05, 0) is 51.6 Å². The first-order valence-electron chi connectivity index (χ1n) is 3.95. The zero-order chi connectivity index (χ0) is 11.6. The molecule has 0 saturated carbocycles. The van der Waals surface area contributed by atoms with Crippen LogP contribution in [0.15, 0.2) is 21.5 Å². The lowest BCUT2D eigenvalue weighted by molar-refractivity contribution is 0.0599. The first-order chi connectivity index (χ1) is 6.97. The summed E-state index contributed by atoms with van der Waals surface area (Å²) >= 11 is 0.725. The highest BCUT2D eigenvalue weighted by Gasteiger charge is 2.12. The van der Waals surface area contributed by atoms with Crippen LogP contribution < -0.4 is 0 Å². The van der Waals surface area contributed by atoms with Crippen LogP contribution in [0.5, 0.6) is 0 Å². The van der Waals surface area contributed by atoms with Gasteiger partial charge >= 0.3 is 5.97 Å². The van der Waals surface area contributed by atoms with Crippen LogP contribution in [0.2, 0.25) is 0 Å². The lowest BCUT2D eigenvalue weighted by Crippen LogP contribution is -2.05. The number of hydrogen-bond acceptors (Lipinski definition) is 4. The number of aryl methyl sites for hydroxylation is 1. The van der Waals surface area contributed by atoms with E-state index in [-0.39, 0.29) is 10.5 Å². The molecule has 0 saturated heterocycles. The van der Waals surface area contributed by atoms with Crippen LogP contribution in [0.3, 0.4) is 0 Å². The van der Waals surface area contributed by atoms with Crippen molar-refractivity contribution < 1.29 is 18.3 Å². The summed E-state index contributed by atoms with van der Waals surface area (Å²) in [6, 6.07) is 2.85. The molecule has 0 aromatic heterocycles. The summed E-state index contributed by atoms with van der Waals surface area (Å²) in [5, 5.41) is 0. The molecule has 1 unspecified atom stereocenters. The maximum absolute atomic E-state index is 11.3. The molecule has 0 aliphatic carbocycles. The van der Waals surface area contributed by atoms with E-state index < -0.39 is 17.0 Å². The van der Waals surface area contributed by atoms with Crippen LogP contribution in [0.4, 0.5) is 0 Å². The predicted octanol–water partition coefficient (Wildman–Crippen LogP) is 1.78. The topological polar surface area (TPSA) is 66.4 Å². The zero-order valence-corrected chi connectivity index (χ0v) is 10.5. The monoisotopic (exact) mass is 291 g/mol. The van der Waals surface area contributed by atoms with E-state index in [4.69, 9.17) is 0 Å². The van der Waals surface area contributed by atoms with Gasteiger partial charge < -0.3 is 9.29 Å². The standard InChI is InChI=1S/C9H9BrO4S/c1-5-3-7(10)8(15(12)13)4-6(5)9(11)14-2/h3-4H,1-2H3,(H,12,13)/p-1. The second-order valence-corrected chi connectivity index (χ2v) is 4.59. The second-order valence-electron chi connectivity index (χ2n) is 2.82. The number of methoxy groups -OCH3 is 1. The van der Waals surface area contributed by atoms with Gasteiger partial charge in [-0.25, -0.2) is 4.79 Å². The maximum Gasteiger partial charge on any atom is 0.338 e. The largest absolute Gasteiger partial charge is 0.768 e. The summed E-state index contributed by atoms with van der Waals surface area (Å²) < 4.78 is 26.6. The summed E-state index contributed by atoms with van der Waals surface area (Å²) in [4.78, 5) is 11.3. The van der Waals surface area contributed by atoms with E-state index in [9.17, 15) is 13.6 Å². The Labute approximate surface area is 98.0 Å². The Morgan fingerprint density at radius 3 is 2.60 bits per heavy atom. The van der Waals surface area contributed by atoms with E-state index in [0.29, 0.717) is 10.0 Å². The van der Waals surface area contributed by atoms with Crippen LogP contribution in [-0.2, 0) is 15.8 Å². The third-order valence-corrected chi connectivity index (χ3v) is 3.48. The second kappa shape index (κ2) is 4.87. The van der Waals surface area contributed by atoms with Crippen molar-refractivity contribution in [3.63, 3.8) is 0 Å². The number of carbonyl (C=O) groups excluding carboxylic acids is 1. The maximum atomic E-state index is 11.3. The molecule has 0 heterocycles. The average molecular weight is 292 g/mol. The summed E-state index contributed by atoms with van der Waals surface area (Å²) in [7, 11) is 1.25. The Morgan fingerprint density at radius 1 is 1.53 bits per heavy atom. The van der Waals surface area contributed by atoms with Gasteiger partial charge in [0.05, 0.1) is 12.7 Å². The van der Waals surface area contributed by atoms with E-state index >= 15 is 0 Å². The van der Waals surface area contributed by atoms with Crippen LogP contribution >= 0.6 is 15.9 Å². The Kier molecular flexibility index (Phi) is 4.01. The molecule has 0 aliphatic heterocycles. The molecule has 0 amide bonds. The Hall–Kier alpha value is -0.720. The van der Waals surface area contributed by atoms with Crippen molar-refractivity contribution in [3.05, 3.63) is 27.7 Å². The van der Waals surface area contributed by atoms with E-state index in [1.807, 2.05) is 0 Å². The number of ether oxygens (including phenoxy) is 1. The third-order valence-electron chi connectivity index (χ3n) is 1.86. The first kappa shape index (κ1) is 12.4. The molecule has 82 valence electrons. The number of halogens is 1. The number of rotatable bonds is 2. The van der Waals surface area contributed by atoms with Gasteiger partial charge in [-0.2, -0.15) is 0 Å². The minimum atomic E-state index is -2.38. The van der Waals surface area contributed by atoms with Crippen molar-refractivity contribution in [3.8, 4) is 0 Å². The molecule has 1 rings (SSSR count). The number of esters is 1. The summed E-state index contributed by atoms with van der Waals surface area (Å²) in [5.74, 6) is -0.549. The molecular formula is C9H8BrO4S-. The fraction of sp³-hybridized carbons (Fsp3) is 0.222. The average Bonchev–Trinajstić information content (AvgIpc) is 2.16. The Bertz CT molecular complexity index is 430. The van der Waals surface area contributed by atoms with Gasteiger partial charge in [0.15, 0.2) is 0 Å². The highest BCUT2D eigenvalue weighted by atomic mass is 79.9. The van der Waals surface area contributed by atoms with Crippen molar-refractivity contribution >= 4 is 33.0 Å². The van der Waals surface area contributed by atoms with Gasteiger partial charge in [-0.1, -0.05) is 0 Å². The smallest absolute Gasteiger partial charge is 0.338 e. The van der Waals surface area contributed by atoms with Crippen molar-refractivity contribution in [2.24, 2.45) is 0 Å². The van der Waals surface area contributed by atoms with Gasteiger partial charge in [0.1, 0.15) is 0 Å². The van der Waals surface area contributed by atoms with Crippen LogP contribution in [0, 0.1) is 6.92 Å². The van der Waals surface area contributed by atoms with Crippen molar-refractivity contribution in [1.29, 1.82) is 0 Å². The third kappa shape index (κ3) is 2.64. The molecule has 0 fully saturated rings. The molecule has 4 nitrogen and oxygen atoms in total. The molecule has 1 aromatic carbocycles. The van der Waals surface area contributed by atoms with Gasteiger partial charge in [0, 0.05) is 9.37 Å². The number of hydrogen-bond donors (Lipinski definition) is 0. The quantitative estimate of drug-likeness (QED) is 0.615. The van der Waals surface area contributed by atoms with Crippen LogP contribution in [-0.4, -0.2) is 21.8 Å². The van der Waals surface area contributed by atoms with Gasteiger partial charge in [-0.3, -0.25) is 4.21 Å². The highest BCUT2D eigenvalue weighted by molar-refractivity contribution is 9.10. The Balaban J connectivity index is 3.36. The first-order valence-corrected chi connectivity index (χ1v) is 5.82. The predicted molar refractivity (Wildman–Crippen MR) is 57.4 cm³/mol. The highest BCUT2D eigenvalue weighted by Crippen LogP contribution is 2.24. The van der Waals surface area contributed by atoms with Crippen molar-refractivity contribution in [1.82, 2.24) is 0 Å². The number of carbonyl (C=O) groups is 1. The van der Waals surface area contributed by atoms with Crippen LogP contribution in [0.25, 0.3) is 0 Å². The molecular weight excluding hydrogens is 284 g/mol. The SMILES string of the molecule is COC(=O)c1cc(S(=O)[O-])c(Br)cc1C. The number of benzene rings is 1. The summed E-state index contributed by atoms with van der Waals surface area (Å²) in [6.07, 6.45) is 0. The molecule has 0 radical (unpaired) electrons. The van der Waals surface area contributed by atoms with E-state index in [0.717, 1.165) is 0 Å². The molecule has 1 atom stereocenters. The van der Waals surface area contributed by atoms with Crippen molar-refractivity contribution in [2.45, 2.75) is 11.8 Å². The molecule has 0 spiro atoms. The lowest BCUT2D eigenvalue weighted by Gasteiger charge is -2.11. The van der Waals surface area contributed by atoms with Gasteiger partial charge in [0.25, 0.3) is 0 Å². The molecule has 0 aliphatic rings. The van der Waals surface area contributed by atoms with Gasteiger partial charge in [0.2, 0.25) is 0 Å². The zero-order valence-electron chi connectivity index (χ0n) is 8.07. The molecule has 6 heteroatoms. The van der Waals surface area contributed by atoms with Gasteiger partial charge in [-0.15, -0.1) is 0 Å². The van der Waals surface area contributed by atoms with Crippen LogP contribution in [0.1, 0.15) is 15.9 Å². The van der Waals surface area contributed by atoms with E-state index in [1.54, 1.807) is 13.0 Å². The Morgan fingerprint density at radius 2 is 2.13 bits per heavy atom. The minimum absolute atomic E-state index is 0.0426. The summed E-state index contributed by atoms with van der Waals surface area (Å²) in [6.45, 7) is 1.70. The van der Waals surface area contributed by atoms with Crippen molar-refractivity contribution in [2.75, 3.05) is 7.11 Å².